The Bertz CT molecular complexity index is 413. The third kappa shape index (κ3) is 2.45. The fourth-order valence-electron chi connectivity index (χ4n) is 0.845. The molecule has 14 heavy (non-hydrogen) atoms. The predicted octanol–water partition coefficient (Wildman–Crippen LogP) is 1.54. The zero-order valence-electron chi connectivity index (χ0n) is 8.48. The molecule has 1 heterocycles. The minimum atomic E-state index is -3.29. The molecule has 5 heteroatoms. The summed E-state index contributed by atoms with van der Waals surface area (Å²) < 4.78 is 25.4. The van der Waals surface area contributed by atoms with E-state index in [-0.39, 0.29) is 0 Å². The molecule has 0 aliphatic rings. The molecule has 0 bridgehead atoms. The molecule has 0 atom stereocenters. The molecule has 0 radical (unpaired) electrons. The monoisotopic (exact) mass is 214 g/mol. The van der Waals surface area contributed by atoms with Gasteiger partial charge in [-0.15, -0.1) is 0 Å². The summed E-state index contributed by atoms with van der Waals surface area (Å²) in [4.78, 5) is 3.96. The molecule has 78 valence electrons. The van der Waals surface area contributed by atoms with Gasteiger partial charge in [-0.3, -0.25) is 4.72 Å². The Labute approximate surface area is 84.4 Å². The second-order valence-electron chi connectivity index (χ2n) is 3.36. The molecular formula is C9H14N2O2S. The van der Waals surface area contributed by atoms with Gasteiger partial charge in [0.25, 0.3) is 0 Å². The first-order valence-electron chi connectivity index (χ1n) is 4.37. The van der Waals surface area contributed by atoms with Crippen molar-refractivity contribution >= 4 is 15.8 Å². The number of anilines is 1. The number of nitrogens with zero attached hydrogens (tertiary/aromatic N) is 1. The van der Waals surface area contributed by atoms with Crippen LogP contribution in [0.2, 0.25) is 0 Å². The molecule has 4 nitrogen and oxygen atoms in total. The standard InChI is InChI=1S/C9H14N2O2S/c1-7(2)14(12,13)11-9-8(3)5-4-6-10-9/h4-7H,1-3H3,(H,10,11). The maximum atomic E-state index is 11.5. The van der Waals surface area contributed by atoms with Crippen molar-refractivity contribution in [2.75, 3.05) is 4.72 Å². The molecule has 0 saturated carbocycles. The van der Waals surface area contributed by atoms with Crippen LogP contribution >= 0.6 is 0 Å². The average molecular weight is 214 g/mol. The smallest absolute Gasteiger partial charge is 0.236 e. The van der Waals surface area contributed by atoms with Crippen LogP contribution in [-0.2, 0) is 10.0 Å². The lowest BCUT2D eigenvalue weighted by atomic mass is 10.3. The zero-order valence-corrected chi connectivity index (χ0v) is 9.30. The summed E-state index contributed by atoms with van der Waals surface area (Å²) in [5.41, 5.74) is 0.816. The number of aromatic nitrogens is 1. The molecule has 1 rings (SSSR count). The highest BCUT2D eigenvalue weighted by Crippen LogP contribution is 2.13. The van der Waals surface area contributed by atoms with E-state index in [1.54, 1.807) is 26.1 Å². The topological polar surface area (TPSA) is 59.1 Å². The van der Waals surface area contributed by atoms with Gasteiger partial charge in [0.2, 0.25) is 10.0 Å². The lowest BCUT2D eigenvalue weighted by Crippen LogP contribution is -2.23. The quantitative estimate of drug-likeness (QED) is 0.830. The van der Waals surface area contributed by atoms with Crippen molar-refractivity contribution in [3.63, 3.8) is 0 Å². The molecular weight excluding hydrogens is 200 g/mol. The van der Waals surface area contributed by atoms with Crippen LogP contribution in [0.4, 0.5) is 5.82 Å². The molecule has 0 aliphatic heterocycles. The molecule has 0 unspecified atom stereocenters. The number of rotatable bonds is 3. The maximum Gasteiger partial charge on any atom is 0.236 e. The van der Waals surface area contributed by atoms with Crippen LogP contribution in [0.3, 0.4) is 0 Å². The molecule has 1 N–H and O–H groups in total. The second kappa shape index (κ2) is 3.96. The largest absolute Gasteiger partial charge is 0.267 e. The molecule has 1 aromatic heterocycles. The highest BCUT2D eigenvalue weighted by Gasteiger charge is 2.16. The second-order valence-corrected chi connectivity index (χ2v) is 5.60. The van der Waals surface area contributed by atoms with E-state index in [0.717, 1.165) is 5.56 Å². The van der Waals surface area contributed by atoms with Crippen LogP contribution in [0.5, 0.6) is 0 Å². The van der Waals surface area contributed by atoms with E-state index >= 15 is 0 Å². The Morgan fingerprint density at radius 1 is 1.43 bits per heavy atom. The van der Waals surface area contributed by atoms with E-state index in [9.17, 15) is 8.42 Å². The Kier molecular flexibility index (Phi) is 3.10. The number of hydrogen-bond donors (Lipinski definition) is 1. The van der Waals surface area contributed by atoms with E-state index in [1.807, 2.05) is 13.0 Å². The van der Waals surface area contributed by atoms with Crippen LogP contribution in [0.15, 0.2) is 18.3 Å². The van der Waals surface area contributed by atoms with Crippen molar-refractivity contribution in [3.05, 3.63) is 23.9 Å². The highest BCUT2D eigenvalue weighted by atomic mass is 32.2. The number of hydrogen-bond acceptors (Lipinski definition) is 3. The first-order chi connectivity index (χ1) is 6.43. The normalized spacial score (nSPS) is 11.7. The lowest BCUT2D eigenvalue weighted by Gasteiger charge is -2.11. The van der Waals surface area contributed by atoms with Gasteiger partial charge in [0.15, 0.2) is 0 Å². The van der Waals surface area contributed by atoms with Gasteiger partial charge < -0.3 is 0 Å². The number of aryl methyl sites for hydroxylation is 1. The molecule has 0 aromatic carbocycles. The van der Waals surface area contributed by atoms with Crippen LogP contribution < -0.4 is 4.72 Å². The molecule has 1 aromatic rings. The van der Waals surface area contributed by atoms with E-state index < -0.39 is 15.3 Å². The molecule has 0 amide bonds. The van der Waals surface area contributed by atoms with Crippen LogP contribution in [-0.4, -0.2) is 18.7 Å². The summed E-state index contributed by atoms with van der Waals surface area (Å²) in [7, 11) is -3.29. The predicted molar refractivity (Wildman–Crippen MR) is 56.7 cm³/mol. The zero-order chi connectivity index (χ0) is 10.8. The van der Waals surface area contributed by atoms with Crippen molar-refractivity contribution in [2.45, 2.75) is 26.0 Å². The first kappa shape index (κ1) is 11.0. The summed E-state index contributed by atoms with van der Waals surface area (Å²) in [6, 6.07) is 3.58. The van der Waals surface area contributed by atoms with Gasteiger partial charge in [-0.25, -0.2) is 13.4 Å². The van der Waals surface area contributed by atoms with Gasteiger partial charge in [-0.05, 0) is 32.4 Å². The van der Waals surface area contributed by atoms with E-state index in [2.05, 4.69) is 9.71 Å². The Morgan fingerprint density at radius 2 is 2.07 bits per heavy atom. The van der Waals surface area contributed by atoms with Gasteiger partial charge >= 0.3 is 0 Å². The molecule has 0 fully saturated rings. The molecule has 0 saturated heterocycles. The third-order valence-corrected chi connectivity index (χ3v) is 3.59. The van der Waals surface area contributed by atoms with Crippen molar-refractivity contribution in [1.29, 1.82) is 0 Å². The van der Waals surface area contributed by atoms with Crippen molar-refractivity contribution < 1.29 is 8.42 Å². The summed E-state index contributed by atoms with van der Waals surface area (Å²) in [6.45, 7) is 5.06. The summed E-state index contributed by atoms with van der Waals surface area (Å²) >= 11 is 0. The number of pyridine rings is 1. The minimum absolute atomic E-state index is 0.404. The Morgan fingerprint density at radius 3 is 2.57 bits per heavy atom. The Balaban J connectivity index is 2.96. The SMILES string of the molecule is Cc1cccnc1NS(=O)(=O)C(C)C. The summed E-state index contributed by atoms with van der Waals surface area (Å²) in [6.07, 6.45) is 1.56. The number of nitrogens with one attached hydrogen (secondary N) is 1. The van der Waals surface area contributed by atoms with Gasteiger partial charge in [0.1, 0.15) is 5.82 Å². The minimum Gasteiger partial charge on any atom is -0.267 e. The maximum absolute atomic E-state index is 11.5. The van der Waals surface area contributed by atoms with E-state index in [1.165, 1.54) is 0 Å². The van der Waals surface area contributed by atoms with Crippen molar-refractivity contribution in [3.8, 4) is 0 Å². The van der Waals surface area contributed by atoms with E-state index in [0.29, 0.717) is 5.82 Å². The van der Waals surface area contributed by atoms with Crippen molar-refractivity contribution in [1.82, 2.24) is 4.98 Å². The highest BCUT2D eigenvalue weighted by molar-refractivity contribution is 7.93. The van der Waals surface area contributed by atoms with Crippen molar-refractivity contribution in [2.24, 2.45) is 0 Å². The third-order valence-electron chi connectivity index (χ3n) is 1.87. The van der Waals surface area contributed by atoms with Gasteiger partial charge in [-0.1, -0.05) is 6.07 Å². The van der Waals surface area contributed by atoms with Crippen LogP contribution in [0.1, 0.15) is 19.4 Å². The molecule has 0 aliphatic carbocycles. The van der Waals surface area contributed by atoms with Gasteiger partial charge in [0.05, 0.1) is 5.25 Å². The first-order valence-corrected chi connectivity index (χ1v) is 5.91. The van der Waals surface area contributed by atoms with Gasteiger partial charge in [0, 0.05) is 6.20 Å². The average Bonchev–Trinajstić information content (AvgIpc) is 2.08. The van der Waals surface area contributed by atoms with Crippen LogP contribution in [0.25, 0.3) is 0 Å². The summed E-state index contributed by atoms with van der Waals surface area (Å²) in [5.74, 6) is 0.404. The lowest BCUT2D eigenvalue weighted by molar-refractivity contribution is 0.592. The molecule has 0 spiro atoms. The van der Waals surface area contributed by atoms with Gasteiger partial charge in [-0.2, -0.15) is 0 Å². The van der Waals surface area contributed by atoms with Crippen LogP contribution in [0, 0.1) is 6.92 Å². The fourth-order valence-corrected chi connectivity index (χ4v) is 1.56. The fraction of sp³-hybridized carbons (Fsp3) is 0.444. The summed E-state index contributed by atoms with van der Waals surface area (Å²) in [5, 5.41) is -0.455. The van der Waals surface area contributed by atoms with E-state index in [4.69, 9.17) is 0 Å². The Hall–Kier alpha value is -1.10. The number of sulfonamides is 1.